The first-order valence-electron chi connectivity index (χ1n) is 7.16. The summed E-state index contributed by atoms with van der Waals surface area (Å²) >= 11 is 1.08. The second-order valence-corrected chi connectivity index (χ2v) is 6.01. The molecule has 0 saturated carbocycles. The molecule has 0 atom stereocenters. The fraction of sp³-hybridized carbons (Fsp3) is 0.125. The summed E-state index contributed by atoms with van der Waals surface area (Å²) in [6.45, 7) is 0. The van der Waals surface area contributed by atoms with Crippen LogP contribution in [0.4, 0.5) is 24.7 Å². The summed E-state index contributed by atoms with van der Waals surface area (Å²) in [5.74, 6) is 0.0974. The zero-order chi connectivity index (χ0) is 18.0. The Kier molecular flexibility index (Phi) is 4.69. The van der Waals surface area contributed by atoms with Gasteiger partial charge in [0.2, 0.25) is 0 Å². The number of nitrogens with zero attached hydrogens (tertiary/aromatic N) is 3. The number of imidazole rings is 1. The molecule has 2 heterocycles. The van der Waals surface area contributed by atoms with Gasteiger partial charge in [-0.3, -0.25) is 5.14 Å². The number of aromatic nitrogens is 3. The van der Waals surface area contributed by atoms with E-state index in [-0.39, 0.29) is 5.82 Å². The molecule has 0 aliphatic carbocycles. The maximum Gasteiger partial charge on any atom is 0.416 e. The van der Waals surface area contributed by atoms with Crippen molar-refractivity contribution in [3.8, 4) is 11.3 Å². The third-order valence-electron chi connectivity index (χ3n) is 3.46. The van der Waals surface area contributed by atoms with Gasteiger partial charge < -0.3 is 9.88 Å². The highest BCUT2D eigenvalue weighted by atomic mass is 32.2. The number of benzene rings is 1. The number of hydrogen-bond donors (Lipinski definition) is 2. The first-order chi connectivity index (χ1) is 11.9. The van der Waals surface area contributed by atoms with E-state index in [1.807, 2.05) is 19.3 Å². The molecule has 5 nitrogen and oxygen atoms in total. The van der Waals surface area contributed by atoms with Crippen molar-refractivity contribution in [1.82, 2.24) is 14.5 Å². The van der Waals surface area contributed by atoms with Crippen LogP contribution in [0.1, 0.15) is 5.56 Å². The highest BCUT2D eigenvalue weighted by molar-refractivity contribution is 7.97. The van der Waals surface area contributed by atoms with Crippen molar-refractivity contribution in [1.29, 1.82) is 0 Å². The van der Waals surface area contributed by atoms with Crippen LogP contribution in [-0.4, -0.2) is 14.5 Å². The Hall–Kier alpha value is -2.52. The predicted molar refractivity (Wildman–Crippen MR) is 91.2 cm³/mol. The van der Waals surface area contributed by atoms with Gasteiger partial charge in [-0.05, 0) is 42.3 Å². The SMILES string of the molecule is Cn1cnc(-c2cc(SN)ccc2Nc2cc(C(F)(F)F)ccn2)c1. The lowest BCUT2D eigenvalue weighted by molar-refractivity contribution is -0.137. The number of pyridine rings is 1. The highest BCUT2D eigenvalue weighted by Crippen LogP contribution is 2.34. The normalized spacial score (nSPS) is 11.6. The standard InChI is InChI=1S/C16H14F3N5S/c1-24-8-14(22-9-24)12-7-11(25-20)2-3-13(12)23-15-6-10(4-5-21-15)16(17,18)19/h2-9H,20H2,1H3,(H,21,23). The van der Waals surface area contributed by atoms with Crippen LogP contribution in [0, 0.1) is 0 Å². The van der Waals surface area contributed by atoms with Crippen molar-refractivity contribution >= 4 is 23.5 Å². The molecular weight excluding hydrogens is 351 g/mol. The molecule has 3 N–H and O–H groups in total. The lowest BCUT2D eigenvalue weighted by atomic mass is 10.1. The van der Waals surface area contributed by atoms with Crippen LogP contribution in [0.2, 0.25) is 0 Å². The molecular formula is C16H14F3N5S. The molecule has 0 radical (unpaired) electrons. The van der Waals surface area contributed by atoms with E-state index in [2.05, 4.69) is 15.3 Å². The highest BCUT2D eigenvalue weighted by Gasteiger charge is 2.30. The van der Waals surface area contributed by atoms with Gasteiger partial charge in [-0.25, -0.2) is 9.97 Å². The quantitative estimate of drug-likeness (QED) is 0.678. The molecule has 130 valence electrons. The molecule has 3 aromatic rings. The Bertz CT molecular complexity index is 891. The van der Waals surface area contributed by atoms with Crippen LogP contribution in [0.15, 0.2) is 53.9 Å². The van der Waals surface area contributed by atoms with E-state index in [0.717, 1.165) is 40.7 Å². The number of rotatable bonds is 4. The second kappa shape index (κ2) is 6.77. The maximum atomic E-state index is 12.9. The largest absolute Gasteiger partial charge is 0.416 e. The zero-order valence-electron chi connectivity index (χ0n) is 13.1. The van der Waals surface area contributed by atoms with Gasteiger partial charge in [-0.1, -0.05) is 0 Å². The Morgan fingerprint density at radius 2 is 1.96 bits per heavy atom. The smallest absolute Gasteiger partial charge is 0.340 e. The number of nitrogens with two attached hydrogens (primary N) is 1. The fourth-order valence-electron chi connectivity index (χ4n) is 2.28. The number of halogens is 3. The van der Waals surface area contributed by atoms with Gasteiger partial charge in [0, 0.05) is 35.6 Å². The van der Waals surface area contributed by atoms with Gasteiger partial charge >= 0.3 is 6.18 Å². The van der Waals surface area contributed by atoms with Crippen LogP contribution in [0.3, 0.4) is 0 Å². The van der Waals surface area contributed by atoms with Crippen molar-refractivity contribution in [3.05, 3.63) is 54.6 Å². The summed E-state index contributed by atoms with van der Waals surface area (Å²) in [5.41, 5.74) is 1.21. The zero-order valence-corrected chi connectivity index (χ0v) is 13.9. The molecule has 0 aliphatic heterocycles. The number of alkyl halides is 3. The molecule has 0 amide bonds. The van der Waals surface area contributed by atoms with Crippen LogP contribution in [-0.2, 0) is 13.2 Å². The molecule has 0 aliphatic rings. The van der Waals surface area contributed by atoms with Crippen molar-refractivity contribution in [2.24, 2.45) is 12.2 Å². The molecule has 0 unspecified atom stereocenters. The number of aryl methyl sites for hydroxylation is 1. The minimum Gasteiger partial charge on any atom is -0.340 e. The maximum absolute atomic E-state index is 12.9. The molecule has 2 aromatic heterocycles. The molecule has 0 saturated heterocycles. The topological polar surface area (TPSA) is 68.8 Å². The van der Waals surface area contributed by atoms with Gasteiger partial charge in [0.05, 0.1) is 17.6 Å². The Labute approximate surface area is 146 Å². The van der Waals surface area contributed by atoms with Crippen molar-refractivity contribution < 1.29 is 13.2 Å². The van der Waals surface area contributed by atoms with Gasteiger partial charge in [0.15, 0.2) is 0 Å². The lowest BCUT2D eigenvalue weighted by Crippen LogP contribution is -2.06. The van der Waals surface area contributed by atoms with E-state index in [0.29, 0.717) is 11.4 Å². The average Bonchev–Trinajstić information content (AvgIpc) is 3.01. The first kappa shape index (κ1) is 17.3. The Morgan fingerprint density at radius 3 is 2.60 bits per heavy atom. The molecule has 0 bridgehead atoms. The third kappa shape index (κ3) is 3.94. The molecule has 0 spiro atoms. The van der Waals surface area contributed by atoms with E-state index in [9.17, 15) is 13.2 Å². The summed E-state index contributed by atoms with van der Waals surface area (Å²) in [4.78, 5) is 9.07. The van der Waals surface area contributed by atoms with E-state index in [4.69, 9.17) is 5.14 Å². The predicted octanol–water partition coefficient (Wildman–Crippen LogP) is 4.21. The minimum atomic E-state index is -4.43. The van der Waals surface area contributed by atoms with Crippen LogP contribution < -0.4 is 10.5 Å². The van der Waals surface area contributed by atoms with E-state index >= 15 is 0 Å². The van der Waals surface area contributed by atoms with E-state index < -0.39 is 11.7 Å². The van der Waals surface area contributed by atoms with Gasteiger partial charge in [-0.2, -0.15) is 13.2 Å². The summed E-state index contributed by atoms with van der Waals surface area (Å²) in [6, 6.07) is 7.23. The number of nitrogens with one attached hydrogen (secondary N) is 1. The lowest BCUT2D eigenvalue weighted by Gasteiger charge is -2.13. The first-order valence-corrected chi connectivity index (χ1v) is 8.04. The minimum absolute atomic E-state index is 0.0974. The molecule has 1 aromatic carbocycles. The Balaban J connectivity index is 2.00. The van der Waals surface area contributed by atoms with E-state index in [1.54, 1.807) is 23.0 Å². The summed E-state index contributed by atoms with van der Waals surface area (Å²) in [5, 5.41) is 8.54. The third-order valence-corrected chi connectivity index (χ3v) is 3.98. The van der Waals surface area contributed by atoms with Gasteiger partial charge in [0.1, 0.15) is 5.82 Å². The second-order valence-electron chi connectivity index (χ2n) is 5.30. The molecule has 9 heteroatoms. The van der Waals surface area contributed by atoms with Crippen LogP contribution in [0.5, 0.6) is 0 Å². The fourth-order valence-corrected chi connectivity index (χ4v) is 2.62. The van der Waals surface area contributed by atoms with Crippen LogP contribution in [0.25, 0.3) is 11.3 Å². The summed E-state index contributed by atoms with van der Waals surface area (Å²) in [7, 11) is 1.83. The van der Waals surface area contributed by atoms with Gasteiger partial charge in [-0.15, -0.1) is 0 Å². The van der Waals surface area contributed by atoms with Crippen molar-refractivity contribution in [2.75, 3.05) is 5.32 Å². The monoisotopic (exact) mass is 365 g/mol. The molecule has 3 rings (SSSR count). The summed E-state index contributed by atoms with van der Waals surface area (Å²) in [6.07, 6.45) is 0.147. The Morgan fingerprint density at radius 1 is 1.16 bits per heavy atom. The molecule has 0 fully saturated rings. The average molecular weight is 365 g/mol. The van der Waals surface area contributed by atoms with Crippen molar-refractivity contribution in [2.45, 2.75) is 11.1 Å². The number of anilines is 2. The molecule has 25 heavy (non-hydrogen) atoms. The van der Waals surface area contributed by atoms with Crippen molar-refractivity contribution in [3.63, 3.8) is 0 Å². The van der Waals surface area contributed by atoms with E-state index in [1.165, 1.54) is 0 Å². The van der Waals surface area contributed by atoms with Gasteiger partial charge in [0.25, 0.3) is 0 Å². The van der Waals surface area contributed by atoms with Crippen LogP contribution >= 0.6 is 11.9 Å². The number of hydrogen-bond acceptors (Lipinski definition) is 5. The summed E-state index contributed by atoms with van der Waals surface area (Å²) < 4.78 is 40.4.